The van der Waals surface area contributed by atoms with E-state index in [2.05, 4.69) is 51.3 Å². The maximum absolute atomic E-state index is 12.8. The molecule has 140 valence electrons. The lowest BCUT2D eigenvalue weighted by Gasteiger charge is -2.25. The molecule has 0 aliphatic heterocycles. The first-order valence-electron chi connectivity index (χ1n) is 9.20. The van der Waals surface area contributed by atoms with E-state index in [0.29, 0.717) is 13.0 Å². The average molecular weight is 379 g/mol. The fourth-order valence-corrected chi connectivity index (χ4v) is 4.04. The smallest absolute Gasteiger partial charge is 0.221 e. The Labute approximate surface area is 165 Å². The highest BCUT2D eigenvalue weighted by molar-refractivity contribution is 7.07. The van der Waals surface area contributed by atoms with Gasteiger partial charge in [0.05, 0.1) is 6.04 Å². The molecule has 1 heterocycles. The van der Waals surface area contributed by atoms with Crippen molar-refractivity contribution in [2.24, 2.45) is 0 Å². The van der Waals surface area contributed by atoms with Crippen molar-refractivity contribution in [3.05, 3.63) is 94.2 Å². The van der Waals surface area contributed by atoms with E-state index < -0.39 is 0 Å². The number of hydrogen-bond acceptors (Lipinski definition) is 3. The van der Waals surface area contributed by atoms with Gasteiger partial charge in [0.1, 0.15) is 0 Å². The van der Waals surface area contributed by atoms with Crippen LogP contribution in [0, 0.1) is 0 Å². The first-order chi connectivity index (χ1) is 13.1. The van der Waals surface area contributed by atoms with Crippen LogP contribution >= 0.6 is 11.3 Å². The molecular formula is C23H26N2OS. The Balaban J connectivity index is 1.69. The fraction of sp³-hybridized carbons (Fsp3) is 0.261. The number of likely N-dealkylation sites (N-methyl/N-ethyl adjacent to an activating group) is 1. The molecule has 0 fully saturated rings. The van der Waals surface area contributed by atoms with E-state index in [1.807, 2.05) is 50.5 Å². The summed E-state index contributed by atoms with van der Waals surface area (Å²) in [5.74, 6) is 0.140. The number of benzene rings is 2. The summed E-state index contributed by atoms with van der Waals surface area (Å²) in [6.07, 6.45) is 0.442. The van der Waals surface area contributed by atoms with Gasteiger partial charge in [-0.1, -0.05) is 60.7 Å². The number of carbonyl (C=O) groups is 1. The molecule has 2 aromatic carbocycles. The van der Waals surface area contributed by atoms with E-state index in [-0.39, 0.29) is 17.9 Å². The summed E-state index contributed by atoms with van der Waals surface area (Å²) in [4.78, 5) is 14.9. The number of nitrogens with one attached hydrogen (secondary N) is 1. The summed E-state index contributed by atoms with van der Waals surface area (Å²) < 4.78 is 0. The lowest BCUT2D eigenvalue weighted by atomic mass is 9.88. The molecule has 0 spiro atoms. The van der Waals surface area contributed by atoms with Gasteiger partial charge in [0.15, 0.2) is 0 Å². The van der Waals surface area contributed by atoms with Crippen molar-refractivity contribution in [3.63, 3.8) is 0 Å². The molecule has 0 bridgehead atoms. The molecule has 0 saturated carbocycles. The zero-order valence-corrected chi connectivity index (χ0v) is 16.7. The van der Waals surface area contributed by atoms with E-state index in [0.717, 1.165) is 0 Å². The average Bonchev–Trinajstić information content (AvgIpc) is 3.22. The maximum Gasteiger partial charge on any atom is 0.221 e. The number of thiophene rings is 1. The Bertz CT molecular complexity index is 777. The van der Waals surface area contributed by atoms with Gasteiger partial charge < -0.3 is 10.2 Å². The van der Waals surface area contributed by atoms with Gasteiger partial charge in [0.2, 0.25) is 5.91 Å². The first kappa shape index (κ1) is 19.3. The van der Waals surface area contributed by atoms with Crippen LogP contribution in [0.4, 0.5) is 0 Å². The lowest BCUT2D eigenvalue weighted by Crippen LogP contribution is -2.35. The van der Waals surface area contributed by atoms with Crippen LogP contribution in [0.1, 0.15) is 35.1 Å². The maximum atomic E-state index is 12.8. The third-order valence-electron chi connectivity index (χ3n) is 4.84. The zero-order chi connectivity index (χ0) is 19.1. The highest BCUT2D eigenvalue weighted by Crippen LogP contribution is 2.28. The minimum Gasteiger partial charge on any atom is -0.354 e. The second-order valence-electron chi connectivity index (χ2n) is 6.92. The molecule has 0 aliphatic rings. The van der Waals surface area contributed by atoms with Gasteiger partial charge in [-0.3, -0.25) is 4.79 Å². The molecular weight excluding hydrogens is 352 g/mol. The van der Waals surface area contributed by atoms with Crippen LogP contribution in [0.25, 0.3) is 0 Å². The van der Waals surface area contributed by atoms with Crippen LogP contribution in [0.2, 0.25) is 0 Å². The molecule has 3 nitrogen and oxygen atoms in total. The van der Waals surface area contributed by atoms with E-state index in [9.17, 15) is 4.79 Å². The summed E-state index contributed by atoms with van der Waals surface area (Å²) in [7, 11) is 4.09. The predicted octanol–water partition coefficient (Wildman–Crippen LogP) is 4.69. The van der Waals surface area contributed by atoms with Crippen LogP contribution < -0.4 is 5.32 Å². The summed E-state index contributed by atoms with van der Waals surface area (Å²) >= 11 is 1.69. The minimum absolute atomic E-state index is 0.0614. The van der Waals surface area contributed by atoms with E-state index >= 15 is 0 Å². The Morgan fingerprint density at radius 2 is 1.52 bits per heavy atom. The van der Waals surface area contributed by atoms with Crippen molar-refractivity contribution in [2.75, 3.05) is 20.6 Å². The molecule has 0 aliphatic carbocycles. The molecule has 0 saturated heterocycles. The molecule has 4 heteroatoms. The normalized spacial score (nSPS) is 12.3. The van der Waals surface area contributed by atoms with Gasteiger partial charge in [-0.15, -0.1) is 0 Å². The molecule has 3 rings (SSSR count). The van der Waals surface area contributed by atoms with E-state index in [4.69, 9.17) is 0 Å². The van der Waals surface area contributed by atoms with Crippen molar-refractivity contribution in [1.82, 2.24) is 10.2 Å². The minimum atomic E-state index is 0.0614. The Morgan fingerprint density at radius 1 is 0.926 bits per heavy atom. The molecule has 0 unspecified atom stereocenters. The molecule has 3 aromatic rings. The molecule has 1 N–H and O–H groups in total. The monoisotopic (exact) mass is 378 g/mol. The van der Waals surface area contributed by atoms with Gasteiger partial charge in [-0.25, -0.2) is 0 Å². The largest absolute Gasteiger partial charge is 0.354 e. The van der Waals surface area contributed by atoms with E-state index in [1.54, 1.807) is 11.3 Å². The number of hydrogen-bond donors (Lipinski definition) is 1. The van der Waals surface area contributed by atoms with Gasteiger partial charge in [0.25, 0.3) is 0 Å². The summed E-state index contributed by atoms with van der Waals surface area (Å²) in [5.41, 5.74) is 3.58. The van der Waals surface area contributed by atoms with Crippen LogP contribution in [0.15, 0.2) is 77.5 Å². The molecule has 1 aromatic heterocycles. The van der Waals surface area contributed by atoms with E-state index in [1.165, 1.54) is 16.7 Å². The van der Waals surface area contributed by atoms with Gasteiger partial charge in [0, 0.05) is 18.9 Å². The number of amides is 1. The molecule has 27 heavy (non-hydrogen) atoms. The number of carbonyl (C=O) groups excluding carboxylic acids is 1. The number of nitrogens with zero attached hydrogens (tertiary/aromatic N) is 1. The van der Waals surface area contributed by atoms with Crippen molar-refractivity contribution < 1.29 is 4.79 Å². The second kappa shape index (κ2) is 9.49. The summed E-state index contributed by atoms with van der Waals surface area (Å²) in [5, 5.41) is 7.37. The zero-order valence-electron chi connectivity index (χ0n) is 15.8. The van der Waals surface area contributed by atoms with Crippen LogP contribution in [-0.2, 0) is 4.79 Å². The quantitative estimate of drug-likeness (QED) is 0.617. The van der Waals surface area contributed by atoms with Crippen LogP contribution in [-0.4, -0.2) is 31.4 Å². The summed E-state index contributed by atoms with van der Waals surface area (Å²) in [6, 6.07) is 22.8. The summed E-state index contributed by atoms with van der Waals surface area (Å²) in [6.45, 7) is 0.610. The standard InChI is InChI=1S/C23H26N2OS/c1-25(2)22(20-13-14-27-17-20)16-24-23(26)15-21(18-9-5-3-6-10-18)19-11-7-4-8-12-19/h3-14,17,21-22H,15-16H2,1-2H3,(H,24,26)/t22-/m0/s1. The van der Waals surface area contributed by atoms with Gasteiger partial charge in [-0.05, 0) is 47.6 Å². The number of rotatable bonds is 8. The van der Waals surface area contributed by atoms with Crippen LogP contribution in [0.3, 0.4) is 0 Å². The predicted molar refractivity (Wildman–Crippen MR) is 113 cm³/mol. The second-order valence-corrected chi connectivity index (χ2v) is 7.70. The fourth-order valence-electron chi connectivity index (χ4n) is 3.33. The topological polar surface area (TPSA) is 32.3 Å². The van der Waals surface area contributed by atoms with Crippen molar-refractivity contribution >= 4 is 17.2 Å². The van der Waals surface area contributed by atoms with Crippen molar-refractivity contribution in [1.29, 1.82) is 0 Å². The molecule has 1 atom stereocenters. The van der Waals surface area contributed by atoms with Gasteiger partial charge >= 0.3 is 0 Å². The SMILES string of the molecule is CN(C)[C@@H](CNC(=O)CC(c1ccccc1)c1ccccc1)c1ccsc1. The Hall–Kier alpha value is -2.43. The lowest BCUT2D eigenvalue weighted by molar-refractivity contribution is -0.121. The highest BCUT2D eigenvalue weighted by atomic mass is 32.1. The third-order valence-corrected chi connectivity index (χ3v) is 5.54. The van der Waals surface area contributed by atoms with Crippen LogP contribution in [0.5, 0.6) is 0 Å². The Kier molecular flexibility index (Phi) is 6.80. The van der Waals surface area contributed by atoms with Crippen molar-refractivity contribution in [2.45, 2.75) is 18.4 Å². The third kappa shape index (κ3) is 5.28. The molecule has 1 amide bonds. The van der Waals surface area contributed by atoms with Crippen molar-refractivity contribution in [3.8, 4) is 0 Å². The first-order valence-corrected chi connectivity index (χ1v) is 10.1. The van der Waals surface area contributed by atoms with Gasteiger partial charge in [-0.2, -0.15) is 11.3 Å². The highest BCUT2D eigenvalue weighted by Gasteiger charge is 2.20. The Morgan fingerprint density at radius 3 is 2.00 bits per heavy atom. The molecule has 0 radical (unpaired) electrons.